The molecule has 1 fully saturated rings. The zero-order chi connectivity index (χ0) is 20.4. The van der Waals surface area contributed by atoms with Gasteiger partial charge in [-0.2, -0.15) is 11.8 Å². The third-order valence-corrected chi connectivity index (χ3v) is 5.68. The second-order valence-electron chi connectivity index (χ2n) is 7.41. The number of piperidine rings is 1. The summed E-state index contributed by atoms with van der Waals surface area (Å²) in [7, 11) is 0. The summed E-state index contributed by atoms with van der Waals surface area (Å²) in [6.07, 6.45) is 5.43. The fourth-order valence-corrected chi connectivity index (χ4v) is 3.66. The Kier molecular flexibility index (Phi) is 9.57. The van der Waals surface area contributed by atoms with Crippen molar-refractivity contribution in [3.05, 3.63) is 39.9 Å². The van der Waals surface area contributed by atoms with Crippen LogP contribution in [-0.2, 0) is 6.54 Å². The number of non-ortho nitro benzene ring substituents is 1. The number of guanidine groups is 1. The zero-order valence-electron chi connectivity index (χ0n) is 17.2. The monoisotopic (exact) mass is 407 g/mol. The molecule has 1 aliphatic heterocycles. The van der Waals surface area contributed by atoms with Gasteiger partial charge in [0.2, 0.25) is 0 Å². The van der Waals surface area contributed by atoms with Gasteiger partial charge in [0.05, 0.1) is 11.5 Å². The van der Waals surface area contributed by atoms with Gasteiger partial charge >= 0.3 is 0 Å². The van der Waals surface area contributed by atoms with Crippen LogP contribution in [0.5, 0.6) is 0 Å². The Morgan fingerprint density at radius 3 is 2.57 bits per heavy atom. The Morgan fingerprint density at radius 1 is 1.32 bits per heavy atom. The van der Waals surface area contributed by atoms with Gasteiger partial charge in [-0.1, -0.05) is 12.1 Å². The fourth-order valence-electron chi connectivity index (χ4n) is 3.22. The summed E-state index contributed by atoms with van der Waals surface area (Å²) in [4.78, 5) is 17.6. The van der Waals surface area contributed by atoms with Gasteiger partial charge in [-0.15, -0.1) is 0 Å². The van der Waals surface area contributed by atoms with E-state index in [1.807, 2.05) is 11.8 Å². The van der Waals surface area contributed by atoms with Crippen LogP contribution in [0.2, 0.25) is 0 Å². The molecule has 0 aromatic heterocycles. The summed E-state index contributed by atoms with van der Waals surface area (Å²) >= 11 is 1.84. The van der Waals surface area contributed by atoms with E-state index in [9.17, 15) is 10.1 Å². The molecule has 0 bridgehead atoms. The first kappa shape index (κ1) is 22.5. The van der Waals surface area contributed by atoms with Gasteiger partial charge in [0.25, 0.3) is 5.69 Å². The largest absolute Gasteiger partial charge is 0.356 e. The van der Waals surface area contributed by atoms with Crippen molar-refractivity contribution in [3.63, 3.8) is 0 Å². The van der Waals surface area contributed by atoms with Crippen molar-refractivity contribution in [3.8, 4) is 0 Å². The number of hydrogen-bond donors (Lipinski definition) is 2. The Balaban J connectivity index is 1.93. The van der Waals surface area contributed by atoms with Crippen molar-refractivity contribution in [2.45, 2.75) is 51.7 Å². The average Bonchev–Trinajstić information content (AvgIpc) is 2.69. The van der Waals surface area contributed by atoms with E-state index in [1.54, 1.807) is 12.1 Å². The number of thioether (sulfide) groups is 1. The van der Waals surface area contributed by atoms with E-state index < -0.39 is 0 Å². The molecular weight excluding hydrogens is 374 g/mol. The Morgan fingerprint density at radius 2 is 2.00 bits per heavy atom. The highest BCUT2D eigenvalue weighted by molar-refractivity contribution is 7.98. The van der Waals surface area contributed by atoms with E-state index >= 15 is 0 Å². The molecule has 1 saturated heterocycles. The lowest BCUT2D eigenvalue weighted by molar-refractivity contribution is -0.384. The molecular formula is C20H33N5O2S. The van der Waals surface area contributed by atoms with E-state index in [2.05, 4.69) is 35.6 Å². The average molecular weight is 408 g/mol. The number of benzene rings is 1. The van der Waals surface area contributed by atoms with Crippen molar-refractivity contribution < 1.29 is 4.92 Å². The van der Waals surface area contributed by atoms with Gasteiger partial charge in [0, 0.05) is 43.9 Å². The Bertz CT molecular complexity index is 628. The molecule has 0 atom stereocenters. The van der Waals surface area contributed by atoms with Crippen LogP contribution in [0.3, 0.4) is 0 Å². The van der Waals surface area contributed by atoms with E-state index in [1.165, 1.54) is 12.1 Å². The van der Waals surface area contributed by atoms with Crippen molar-refractivity contribution >= 4 is 23.4 Å². The van der Waals surface area contributed by atoms with Crippen molar-refractivity contribution in [2.24, 2.45) is 4.99 Å². The first-order valence-corrected chi connectivity index (χ1v) is 11.4. The van der Waals surface area contributed by atoms with Gasteiger partial charge in [0.15, 0.2) is 5.96 Å². The molecule has 0 saturated carbocycles. The number of nitro benzene ring substituents is 1. The third kappa shape index (κ3) is 7.67. The lowest BCUT2D eigenvalue weighted by Gasteiger charge is -2.35. The molecule has 0 radical (unpaired) electrons. The first-order chi connectivity index (χ1) is 13.5. The lowest BCUT2D eigenvalue weighted by atomic mass is 10.0. The maximum Gasteiger partial charge on any atom is 0.269 e. The lowest BCUT2D eigenvalue weighted by Crippen LogP contribution is -2.50. The molecule has 7 nitrogen and oxygen atoms in total. The first-order valence-electron chi connectivity index (χ1n) is 10.0. The second kappa shape index (κ2) is 11.9. The van der Waals surface area contributed by atoms with E-state index in [-0.39, 0.29) is 10.6 Å². The topological polar surface area (TPSA) is 82.8 Å². The van der Waals surface area contributed by atoms with Gasteiger partial charge in [0.1, 0.15) is 0 Å². The molecule has 8 heteroatoms. The predicted octanol–water partition coefficient (Wildman–Crippen LogP) is 3.26. The molecule has 0 amide bonds. The molecule has 2 N–H and O–H groups in total. The summed E-state index contributed by atoms with van der Waals surface area (Å²) in [5.41, 5.74) is 1.07. The van der Waals surface area contributed by atoms with Crippen molar-refractivity contribution in [2.75, 3.05) is 31.6 Å². The fraction of sp³-hybridized carbons (Fsp3) is 0.650. The summed E-state index contributed by atoms with van der Waals surface area (Å²) in [5.74, 6) is 1.96. The van der Waals surface area contributed by atoms with Crippen LogP contribution < -0.4 is 10.6 Å². The van der Waals surface area contributed by atoms with Crippen molar-refractivity contribution in [1.82, 2.24) is 15.5 Å². The molecule has 1 aromatic rings. The van der Waals surface area contributed by atoms with Crippen LogP contribution in [0.25, 0.3) is 0 Å². The van der Waals surface area contributed by atoms with Crippen LogP contribution in [0, 0.1) is 10.1 Å². The second-order valence-corrected chi connectivity index (χ2v) is 8.40. The smallest absolute Gasteiger partial charge is 0.269 e. The number of likely N-dealkylation sites (tertiary alicyclic amines) is 1. The normalized spacial score (nSPS) is 16.4. The molecule has 0 unspecified atom stereocenters. The number of nitro groups is 1. The third-order valence-electron chi connectivity index (χ3n) is 4.99. The number of nitrogens with zero attached hydrogens (tertiary/aromatic N) is 3. The predicted molar refractivity (Wildman–Crippen MR) is 118 cm³/mol. The number of hydrogen-bond acceptors (Lipinski definition) is 5. The highest BCUT2D eigenvalue weighted by atomic mass is 32.2. The highest BCUT2D eigenvalue weighted by Gasteiger charge is 2.21. The van der Waals surface area contributed by atoms with Crippen LogP contribution >= 0.6 is 11.8 Å². The van der Waals surface area contributed by atoms with E-state index in [0.29, 0.717) is 18.6 Å². The number of rotatable bonds is 9. The van der Waals surface area contributed by atoms with Crippen molar-refractivity contribution in [1.29, 1.82) is 0 Å². The molecule has 1 aromatic carbocycles. The maximum atomic E-state index is 10.8. The van der Waals surface area contributed by atoms with Gasteiger partial charge in [-0.25, -0.2) is 4.99 Å². The van der Waals surface area contributed by atoms with Crippen LogP contribution in [0.15, 0.2) is 29.3 Å². The molecule has 0 aliphatic carbocycles. The maximum absolute atomic E-state index is 10.8. The van der Waals surface area contributed by atoms with Gasteiger partial charge < -0.3 is 15.5 Å². The molecule has 156 valence electrons. The zero-order valence-corrected chi connectivity index (χ0v) is 18.0. The molecule has 1 heterocycles. The van der Waals surface area contributed by atoms with E-state index in [4.69, 9.17) is 4.99 Å². The molecule has 0 spiro atoms. The van der Waals surface area contributed by atoms with Crippen LogP contribution in [0.4, 0.5) is 5.69 Å². The summed E-state index contributed by atoms with van der Waals surface area (Å²) in [6, 6.07) is 7.64. The minimum Gasteiger partial charge on any atom is -0.356 e. The van der Waals surface area contributed by atoms with Gasteiger partial charge in [-0.05, 0) is 50.7 Å². The molecule has 2 rings (SSSR count). The van der Waals surface area contributed by atoms with Crippen LogP contribution in [0.1, 0.15) is 38.7 Å². The molecule has 1 aliphatic rings. The minimum atomic E-state index is -0.378. The number of nitrogens with one attached hydrogen (secondary N) is 2. The SMILES string of the molecule is CSCCCNC(=NCc1ccc([N+](=O)[O-])cc1)NC1CCN(C(C)C)CC1. The molecule has 28 heavy (non-hydrogen) atoms. The Labute approximate surface area is 172 Å². The quantitative estimate of drug-likeness (QED) is 0.215. The van der Waals surface area contributed by atoms with E-state index in [0.717, 1.165) is 56.2 Å². The Hall–Kier alpha value is -1.80. The highest BCUT2D eigenvalue weighted by Crippen LogP contribution is 2.14. The summed E-state index contributed by atoms with van der Waals surface area (Å²) in [6.45, 7) is 8.10. The number of aliphatic imine (C=N–C) groups is 1. The van der Waals surface area contributed by atoms with Crippen LogP contribution in [-0.4, -0.2) is 59.5 Å². The summed E-state index contributed by atoms with van der Waals surface area (Å²) in [5, 5.41) is 17.8. The van der Waals surface area contributed by atoms with Gasteiger partial charge in [-0.3, -0.25) is 10.1 Å². The minimum absolute atomic E-state index is 0.109. The summed E-state index contributed by atoms with van der Waals surface area (Å²) < 4.78 is 0. The standard InChI is InChI=1S/C20H33N5O2S/c1-16(2)24-12-9-18(10-13-24)23-20(21-11-4-14-28-3)22-15-17-5-7-19(8-6-17)25(26)27/h5-8,16,18H,4,9-15H2,1-3H3,(H2,21,22,23).